The van der Waals surface area contributed by atoms with Crippen molar-refractivity contribution >= 4 is 19.8 Å². The lowest BCUT2D eigenvalue weighted by molar-refractivity contribution is -0.161. The number of unbranched alkanes of at least 4 members (excludes halogenated alkanes) is 11. The van der Waals surface area contributed by atoms with Gasteiger partial charge in [0.2, 0.25) is 0 Å². The number of rotatable bonds is 39. The molecular formula is C46H77O10P. The molecule has 0 fully saturated rings. The summed E-state index contributed by atoms with van der Waals surface area (Å²) in [6.45, 7) is 2.20. The Morgan fingerprint density at radius 3 is 1.44 bits per heavy atom. The first-order chi connectivity index (χ1) is 27.7. The third kappa shape index (κ3) is 41.1. The zero-order valence-corrected chi connectivity index (χ0v) is 36.2. The molecule has 11 heteroatoms. The molecule has 0 aliphatic heterocycles. The maximum absolute atomic E-state index is 12.6. The first kappa shape index (κ1) is 54.2. The van der Waals surface area contributed by atoms with Crippen molar-refractivity contribution < 1.29 is 47.8 Å². The summed E-state index contributed by atoms with van der Waals surface area (Å²) in [6.07, 6.45) is 48.4. The minimum absolute atomic E-state index is 0.0531. The number of esters is 2. The van der Waals surface area contributed by atoms with Crippen LogP contribution in [-0.2, 0) is 32.7 Å². The molecule has 0 saturated carbocycles. The van der Waals surface area contributed by atoms with Gasteiger partial charge < -0.3 is 24.6 Å². The van der Waals surface area contributed by atoms with Crippen molar-refractivity contribution in [2.75, 3.05) is 26.4 Å². The van der Waals surface area contributed by atoms with E-state index in [-0.39, 0.29) is 19.4 Å². The quantitative estimate of drug-likeness (QED) is 0.0237. The first-order valence-electron chi connectivity index (χ1n) is 21.5. The normalized spacial score (nSPS) is 14.7. The molecule has 0 aromatic rings. The number of phosphoric acid groups is 1. The number of allylic oxidation sites excluding steroid dienone is 14. The standard InChI is InChI=1S/C46H77O10P/c1-3-5-7-9-11-13-15-17-19-20-21-22-24-26-28-30-32-34-36-38-46(50)56-44(42-55-57(51,52)54-40-43(48)39-47)41-53-45(49)37-35-33-31-29-27-25-23-18-16-14-12-10-8-6-4-2/h11-14,17-19,21-23,26,28,32,34,43-44,47-48H,3-10,15-16,20,24-25,27,29-31,33,35-42H2,1-2H3,(H,51,52)/b13-11+,14-12+,19-17+,22-21+,23-18+,28-26+,34-32+/t43-,44+/m0/s1. The molecule has 0 aliphatic carbocycles. The molecule has 57 heavy (non-hydrogen) atoms. The molecule has 0 aromatic carbocycles. The van der Waals surface area contributed by atoms with E-state index < -0.39 is 51.8 Å². The molecule has 326 valence electrons. The molecule has 0 heterocycles. The van der Waals surface area contributed by atoms with Crippen LogP contribution in [0, 0.1) is 0 Å². The van der Waals surface area contributed by atoms with E-state index in [1.165, 1.54) is 44.9 Å². The molecular weight excluding hydrogens is 743 g/mol. The van der Waals surface area contributed by atoms with Crippen molar-refractivity contribution in [3.8, 4) is 0 Å². The van der Waals surface area contributed by atoms with Gasteiger partial charge in [-0.25, -0.2) is 4.57 Å². The highest BCUT2D eigenvalue weighted by Crippen LogP contribution is 2.43. The molecule has 0 radical (unpaired) electrons. The highest BCUT2D eigenvalue weighted by Gasteiger charge is 2.27. The fourth-order valence-corrected chi connectivity index (χ4v) is 5.97. The summed E-state index contributed by atoms with van der Waals surface area (Å²) in [5.74, 6) is -1.05. The van der Waals surface area contributed by atoms with Gasteiger partial charge in [0.15, 0.2) is 6.10 Å². The lowest BCUT2D eigenvalue weighted by Gasteiger charge is -2.20. The zero-order chi connectivity index (χ0) is 41.9. The summed E-state index contributed by atoms with van der Waals surface area (Å²) in [4.78, 5) is 34.9. The highest BCUT2D eigenvalue weighted by atomic mass is 31.2. The number of aliphatic hydroxyl groups is 2. The summed E-state index contributed by atoms with van der Waals surface area (Å²) in [6, 6.07) is 0. The number of aliphatic hydroxyl groups excluding tert-OH is 2. The van der Waals surface area contributed by atoms with Crippen LogP contribution in [0.5, 0.6) is 0 Å². The number of carbonyl (C=O) groups is 2. The Balaban J connectivity index is 4.48. The first-order valence-corrected chi connectivity index (χ1v) is 23.0. The average molecular weight is 821 g/mol. The third-order valence-corrected chi connectivity index (χ3v) is 9.49. The van der Waals surface area contributed by atoms with Crippen molar-refractivity contribution in [1.29, 1.82) is 0 Å². The fraction of sp³-hybridized carbons (Fsp3) is 0.652. The minimum atomic E-state index is -4.65. The molecule has 0 saturated heterocycles. The van der Waals surface area contributed by atoms with Crippen LogP contribution >= 0.6 is 7.82 Å². The third-order valence-electron chi connectivity index (χ3n) is 8.54. The topological polar surface area (TPSA) is 149 Å². The predicted molar refractivity (Wildman–Crippen MR) is 233 cm³/mol. The molecule has 3 atom stereocenters. The van der Waals surface area contributed by atoms with Crippen LogP contribution in [0.3, 0.4) is 0 Å². The van der Waals surface area contributed by atoms with E-state index in [1.54, 1.807) is 0 Å². The van der Waals surface area contributed by atoms with Crippen LogP contribution in [0.25, 0.3) is 0 Å². The predicted octanol–water partition coefficient (Wildman–Crippen LogP) is 11.4. The van der Waals surface area contributed by atoms with Gasteiger partial charge >= 0.3 is 19.8 Å². The molecule has 0 aromatic heterocycles. The summed E-state index contributed by atoms with van der Waals surface area (Å²) in [5, 5.41) is 18.3. The van der Waals surface area contributed by atoms with Crippen LogP contribution in [0.4, 0.5) is 0 Å². The average Bonchev–Trinajstić information content (AvgIpc) is 3.20. The second-order valence-electron chi connectivity index (χ2n) is 14.0. The number of hydrogen-bond donors (Lipinski definition) is 3. The number of hydrogen-bond acceptors (Lipinski definition) is 9. The summed E-state index contributed by atoms with van der Waals surface area (Å²) in [7, 11) is -4.65. The Bertz CT molecular complexity index is 1220. The molecule has 0 aliphatic rings. The number of ether oxygens (including phenoxy) is 2. The van der Waals surface area contributed by atoms with Crippen LogP contribution in [-0.4, -0.2) is 65.7 Å². The van der Waals surface area contributed by atoms with Gasteiger partial charge in [0.1, 0.15) is 12.7 Å². The van der Waals surface area contributed by atoms with Crippen molar-refractivity contribution in [1.82, 2.24) is 0 Å². The molecule has 0 bridgehead atoms. The summed E-state index contributed by atoms with van der Waals surface area (Å²) >= 11 is 0. The van der Waals surface area contributed by atoms with E-state index in [1.807, 2.05) is 12.2 Å². The maximum atomic E-state index is 12.6. The summed E-state index contributed by atoms with van der Waals surface area (Å²) in [5.41, 5.74) is 0. The van der Waals surface area contributed by atoms with Gasteiger partial charge in [0.05, 0.1) is 19.8 Å². The minimum Gasteiger partial charge on any atom is -0.462 e. The van der Waals surface area contributed by atoms with Crippen molar-refractivity contribution in [3.63, 3.8) is 0 Å². The summed E-state index contributed by atoms with van der Waals surface area (Å²) < 4.78 is 32.6. The van der Waals surface area contributed by atoms with Crippen molar-refractivity contribution in [2.45, 2.75) is 167 Å². The van der Waals surface area contributed by atoms with E-state index in [0.29, 0.717) is 12.8 Å². The molecule has 3 N–H and O–H groups in total. The Morgan fingerprint density at radius 2 is 0.947 bits per heavy atom. The monoisotopic (exact) mass is 821 g/mol. The molecule has 1 unspecified atom stereocenters. The lowest BCUT2D eigenvalue weighted by atomic mass is 10.1. The Kier molecular flexibility index (Phi) is 39.2. The highest BCUT2D eigenvalue weighted by molar-refractivity contribution is 7.47. The molecule has 10 nitrogen and oxygen atoms in total. The Hall–Kier alpha value is -2.85. The van der Waals surface area contributed by atoms with E-state index >= 15 is 0 Å². The van der Waals surface area contributed by atoms with Crippen LogP contribution in [0.1, 0.15) is 155 Å². The number of carbonyl (C=O) groups excluding carboxylic acids is 2. The van der Waals surface area contributed by atoms with Crippen LogP contribution < -0.4 is 0 Å². The smallest absolute Gasteiger partial charge is 0.462 e. The lowest BCUT2D eigenvalue weighted by Crippen LogP contribution is -2.29. The van der Waals surface area contributed by atoms with Gasteiger partial charge in [0, 0.05) is 12.8 Å². The molecule has 0 spiro atoms. The van der Waals surface area contributed by atoms with Gasteiger partial charge in [-0.05, 0) is 83.5 Å². The van der Waals surface area contributed by atoms with Gasteiger partial charge in [-0.15, -0.1) is 0 Å². The van der Waals surface area contributed by atoms with Crippen LogP contribution in [0.15, 0.2) is 85.1 Å². The van der Waals surface area contributed by atoms with Gasteiger partial charge in [-0.3, -0.25) is 18.6 Å². The van der Waals surface area contributed by atoms with E-state index in [9.17, 15) is 24.2 Å². The molecule has 0 amide bonds. The van der Waals surface area contributed by atoms with Gasteiger partial charge in [-0.2, -0.15) is 0 Å². The van der Waals surface area contributed by atoms with Gasteiger partial charge in [-0.1, -0.05) is 144 Å². The van der Waals surface area contributed by atoms with E-state index in [2.05, 4.69) is 91.3 Å². The van der Waals surface area contributed by atoms with Gasteiger partial charge in [0.25, 0.3) is 0 Å². The second kappa shape index (κ2) is 41.3. The zero-order valence-electron chi connectivity index (χ0n) is 35.3. The van der Waals surface area contributed by atoms with E-state index in [4.69, 9.17) is 19.1 Å². The second-order valence-corrected chi connectivity index (χ2v) is 15.5. The largest absolute Gasteiger partial charge is 0.472 e. The Morgan fingerprint density at radius 1 is 0.526 bits per heavy atom. The SMILES string of the molecule is CCCCC/C=C/C/C=C/C/C=C/C/C=C/C/C=C/CCC(=O)O[C@H](COC(=O)CCCCCCC/C=C/C/C=C/CCCCC)COP(=O)(O)OC[C@@H](O)CO. The van der Waals surface area contributed by atoms with Crippen molar-refractivity contribution in [3.05, 3.63) is 85.1 Å². The Labute approximate surface area is 345 Å². The number of phosphoric ester groups is 1. The van der Waals surface area contributed by atoms with Crippen LogP contribution in [0.2, 0.25) is 0 Å². The van der Waals surface area contributed by atoms with E-state index in [0.717, 1.165) is 70.6 Å². The maximum Gasteiger partial charge on any atom is 0.472 e. The molecule has 0 rings (SSSR count). The fourth-order valence-electron chi connectivity index (χ4n) is 5.18. The van der Waals surface area contributed by atoms with Crippen molar-refractivity contribution in [2.24, 2.45) is 0 Å².